The van der Waals surface area contributed by atoms with Gasteiger partial charge in [-0.1, -0.05) is 34.4 Å². The highest BCUT2D eigenvalue weighted by molar-refractivity contribution is 6.36. The Balaban J connectivity index is 1.77. The van der Waals surface area contributed by atoms with Crippen molar-refractivity contribution in [3.05, 3.63) is 45.5 Å². The number of piperidine rings is 1. The molecule has 1 saturated heterocycles. The van der Waals surface area contributed by atoms with Crippen molar-refractivity contribution >= 4 is 23.2 Å². The van der Waals surface area contributed by atoms with E-state index in [2.05, 4.69) is 15.5 Å². The van der Waals surface area contributed by atoms with Crippen molar-refractivity contribution in [1.29, 1.82) is 0 Å². The summed E-state index contributed by atoms with van der Waals surface area (Å²) < 4.78 is 5.37. The molecule has 1 fully saturated rings. The zero-order valence-electron chi connectivity index (χ0n) is 10.9. The van der Waals surface area contributed by atoms with Crippen molar-refractivity contribution in [2.45, 2.75) is 25.2 Å². The largest absolute Gasteiger partial charge is 0.339 e. The summed E-state index contributed by atoms with van der Waals surface area (Å²) in [6.45, 7) is 1.96. The van der Waals surface area contributed by atoms with Gasteiger partial charge in [0, 0.05) is 23.0 Å². The van der Waals surface area contributed by atoms with Crippen LogP contribution in [0.4, 0.5) is 0 Å². The molecule has 0 amide bonds. The van der Waals surface area contributed by atoms with Crippen LogP contribution in [0.5, 0.6) is 0 Å². The summed E-state index contributed by atoms with van der Waals surface area (Å²) in [5.41, 5.74) is 0.838. The molecular formula is C14H15Cl2N3O. The topological polar surface area (TPSA) is 51.0 Å². The Hall–Kier alpha value is -1.10. The van der Waals surface area contributed by atoms with Crippen LogP contribution in [-0.2, 0) is 6.42 Å². The lowest BCUT2D eigenvalue weighted by Crippen LogP contribution is -2.28. The Morgan fingerprint density at radius 1 is 1.30 bits per heavy atom. The first-order valence-electron chi connectivity index (χ1n) is 6.70. The van der Waals surface area contributed by atoms with Crippen molar-refractivity contribution in [3.63, 3.8) is 0 Å². The molecule has 20 heavy (non-hydrogen) atoms. The second-order valence-corrected chi connectivity index (χ2v) is 5.78. The fourth-order valence-corrected chi connectivity index (χ4v) is 2.96. The van der Waals surface area contributed by atoms with Crippen molar-refractivity contribution in [2.75, 3.05) is 13.1 Å². The molecular weight excluding hydrogens is 297 g/mol. The minimum absolute atomic E-state index is 0.312. The molecule has 1 aliphatic rings. The molecule has 0 saturated carbocycles. The molecule has 3 rings (SSSR count). The van der Waals surface area contributed by atoms with Gasteiger partial charge >= 0.3 is 0 Å². The minimum atomic E-state index is 0.312. The Morgan fingerprint density at radius 2 is 2.10 bits per heavy atom. The van der Waals surface area contributed by atoms with Crippen LogP contribution in [0, 0.1) is 0 Å². The molecule has 2 aromatic rings. The first-order chi connectivity index (χ1) is 9.74. The number of nitrogens with zero attached hydrogens (tertiary/aromatic N) is 2. The van der Waals surface area contributed by atoms with E-state index in [9.17, 15) is 0 Å². The van der Waals surface area contributed by atoms with Crippen LogP contribution < -0.4 is 5.32 Å². The molecule has 0 radical (unpaired) electrons. The van der Waals surface area contributed by atoms with Crippen molar-refractivity contribution in [1.82, 2.24) is 15.5 Å². The summed E-state index contributed by atoms with van der Waals surface area (Å²) in [5.74, 6) is 1.64. The molecule has 0 aliphatic carbocycles. The standard InChI is InChI=1S/C14H15Cl2N3O/c15-11-4-1-5-12(16)10(11)7-13-18-14(20-19-13)9-3-2-6-17-8-9/h1,4-5,9,17H,2-3,6-8H2/t9-/m0/s1. The van der Waals surface area contributed by atoms with Gasteiger partial charge in [0.2, 0.25) is 5.89 Å². The number of hydrogen-bond acceptors (Lipinski definition) is 4. The number of halogens is 2. The highest BCUT2D eigenvalue weighted by Gasteiger charge is 2.21. The van der Waals surface area contributed by atoms with Crippen LogP contribution in [-0.4, -0.2) is 23.2 Å². The summed E-state index contributed by atoms with van der Waals surface area (Å²) in [4.78, 5) is 4.48. The van der Waals surface area contributed by atoms with E-state index in [1.807, 2.05) is 18.2 Å². The summed E-state index contributed by atoms with van der Waals surface area (Å²) in [7, 11) is 0. The normalized spacial score (nSPS) is 19.2. The van der Waals surface area contributed by atoms with E-state index in [0.717, 1.165) is 31.5 Å². The number of aromatic nitrogens is 2. The summed E-state index contributed by atoms with van der Waals surface area (Å²) >= 11 is 12.3. The molecule has 0 unspecified atom stereocenters. The van der Waals surface area contributed by atoms with E-state index in [1.165, 1.54) is 0 Å². The van der Waals surface area contributed by atoms with Gasteiger partial charge < -0.3 is 9.84 Å². The minimum Gasteiger partial charge on any atom is -0.339 e. The smallest absolute Gasteiger partial charge is 0.231 e. The fourth-order valence-electron chi connectivity index (χ4n) is 2.43. The van der Waals surface area contributed by atoms with Crippen LogP contribution in [0.2, 0.25) is 10.0 Å². The maximum absolute atomic E-state index is 6.15. The molecule has 4 nitrogen and oxygen atoms in total. The van der Waals surface area contributed by atoms with Gasteiger partial charge in [-0.2, -0.15) is 4.98 Å². The maximum Gasteiger partial charge on any atom is 0.231 e. The summed E-state index contributed by atoms with van der Waals surface area (Å²) in [5, 5.41) is 8.63. The molecule has 106 valence electrons. The van der Waals surface area contributed by atoms with Gasteiger partial charge in [0.1, 0.15) is 0 Å². The van der Waals surface area contributed by atoms with Gasteiger partial charge in [-0.15, -0.1) is 0 Å². The number of nitrogens with one attached hydrogen (secondary N) is 1. The van der Waals surface area contributed by atoms with Crippen molar-refractivity contribution in [3.8, 4) is 0 Å². The molecule has 1 aromatic heterocycles. The van der Waals surface area contributed by atoms with Gasteiger partial charge in [0.05, 0.1) is 5.92 Å². The average molecular weight is 312 g/mol. The van der Waals surface area contributed by atoms with E-state index >= 15 is 0 Å². The van der Waals surface area contributed by atoms with Crippen LogP contribution in [0.3, 0.4) is 0 Å². The predicted molar refractivity (Wildman–Crippen MR) is 78.4 cm³/mol. The SMILES string of the molecule is Clc1cccc(Cl)c1Cc1noc([C@H]2CCCNC2)n1. The van der Waals surface area contributed by atoms with Crippen molar-refractivity contribution in [2.24, 2.45) is 0 Å². The van der Waals surface area contributed by atoms with Crippen LogP contribution in [0.25, 0.3) is 0 Å². The summed E-state index contributed by atoms with van der Waals surface area (Å²) in [6, 6.07) is 5.45. The van der Waals surface area contributed by atoms with E-state index in [-0.39, 0.29) is 0 Å². The van der Waals surface area contributed by atoms with Gasteiger partial charge in [-0.25, -0.2) is 0 Å². The van der Waals surface area contributed by atoms with E-state index in [0.29, 0.717) is 34.1 Å². The zero-order chi connectivity index (χ0) is 13.9. The Morgan fingerprint density at radius 3 is 2.80 bits per heavy atom. The molecule has 0 bridgehead atoms. The lowest BCUT2D eigenvalue weighted by Gasteiger charge is -2.18. The van der Waals surface area contributed by atoms with Gasteiger partial charge in [-0.3, -0.25) is 0 Å². The van der Waals surface area contributed by atoms with Crippen LogP contribution in [0.15, 0.2) is 22.7 Å². The van der Waals surface area contributed by atoms with Gasteiger partial charge in [0.25, 0.3) is 0 Å². The highest BCUT2D eigenvalue weighted by atomic mass is 35.5. The van der Waals surface area contributed by atoms with Gasteiger partial charge in [-0.05, 0) is 37.1 Å². The predicted octanol–water partition coefficient (Wildman–Crippen LogP) is 3.43. The quantitative estimate of drug-likeness (QED) is 0.943. The Labute approximate surface area is 127 Å². The van der Waals surface area contributed by atoms with E-state index in [4.69, 9.17) is 27.7 Å². The monoisotopic (exact) mass is 311 g/mol. The number of benzene rings is 1. The first-order valence-corrected chi connectivity index (χ1v) is 7.45. The lowest BCUT2D eigenvalue weighted by atomic mass is 10.00. The third kappa shape index (κ3) is 2.97. The second kappa shape index (κ2) is 6.12. The average Bonchev–Trinajstić information content (AvgIpc) is 2.93. The third-order valence-corrected chi connectivity index (χ3v) is 4.23. The molecule has 1 aromatic carbocycles. The zero-order valence-corrected chi connectivity index (χ0v) is 12.4. The lowest BCUT2D eigenvalue weighted by molar-refractivity contribution is 0.320. The molecule has 1 aliphatic heterocycles. The third-order valence-electron chi connectivity index (χ3n) is 3.53. The molecule has 2 heterocycles. The Bertz CT molecular complexity index is 574. The van der Waals surface area contributed by atoms with E-state index in [1.54, 1.807) is 0 Å². The number of rotatable bonds is 3. The first kappa shape index (κ1) is 13.9. The second-order valence-electron chi connectivity index (χ2n) is 4.97. The van der Waals surface area contributed by atoms with Crippen LogP contribution >= 0.6 is 23.2 Å². The molecule has 6 heteroatoms. The molecule has 1 N–H and O–H groups in total. The summed E-state index contributed by atoms with van der Waals surface area (Å²) in [6.07, 6.45) is 2.71. The highest BCUT2D eigenvalue weighted by Crippen LogP contribution is 2.27. The van der Waals surface area contributed by atoms with Crippen LogP contribution in [0.1, 0.15) is 36.0 Å². The van der Waals surface area contributed by atoms with E-state index < -0.39 is 0 Å². The fraction of sp³-hybridized carbons (Fsp3) is 0.429. The maximum atomic E-state index is 6.15. The molecule has 0 spiro atoms. The number of hydrogen-bond donors (Lipinski definition) is 1. The van der Waals surface area contributed by atoms with Gasteiger partial charge in [0.15, 0.2) is 5.82 Å². The Kier molecular flexibility index (Phi) is 4.24. The van der Waals surface area contributed by atoms with Crippen molar-refractivity contribution < 1.29 is 4.52 Å². The molecule has 1 atom stereocenters.